The van der Waals surface area contributed by atoms with Crippen LogP contribution in [0.1, 0.15) is 27.2 Å². The van der Waals surface area contributed by atoms with E-state index in [9.17, 15) is 4.79 Å². The quantitative estimate of drug-likeness (QED) is 0.702. The Morgan fingerprint density at radius 2 is 1.92 bits per heavy atom. The van der Waals surface area contributed by atoms with Crippen LogP contribution in [0.5, 0.6) is 0 Å². The molecule has 0 aliphatic heterocycles. The Labute approximate surface area is 79.2 Å². The molecule has 0 unspecified atom stereocenters. The zero-order valence-electron chi connectivity index (χ0n) is 8.58. The number of rotatable bonds is 4. The van der Waals surface area contributed by atoms with Crippen molar-refractivity contribution < 1.29 is 15.0 Å². The molecular weight excluding hydrogens is 170 g/mol. The topological polar surface area (TPSA) is 60.8 Å². The van der Waals surface area contributed by atoms with Gasteiger partial charge in [0.2, 0.25) is 0 Å². The van der Waals surface area contributed by atoms with Crippen LogP contribution in [0, 0.1) is 5.41 Å². The summed E-state index contributed by atoms with van der Waals surface area (Å²) in [5.74, 6) is 0. The van der Waals surface area contributed by atoms with Crippen molar-refractivity contribution in [3.05, 3.63) is 0 Å². The second-order valence-corrected chi connectivity index (χ2v) is 4.34. The molecule has 4 heteroatoms. The van der Waals surface area contributed by atoms with Crippen LogP contribution in [-0.2, 0) is 0 Å². The molecule has 0 aromatic carbocycles. The van der Waals surface area contributed by atoms with Crippen molar-refractivity contribution >= 4 is 6.09 Å². The molecule has 0 bridgehead atoms. The van der Waals surface area contributed by atoms with Crippen molar-refractivity contribution in [3.8, 4) is 0 Å². The van der Waals surface area contributed by atoms with E-state index >= 15 is 0 Å². The number of carbonyl (C=O) groups is 1. The molecule has 1 amide bonds. The maximum atomic E-state index is 10.7. The fourth-order valence-electron chi connectivity index (χ4n) is 1.08. The summed E-state index contributed by atoms with van der Waals surface area (Å²) in [6.45, 7) is 6.91. The van der Waals surface area contributed by atoms with E-state index in [0.717, 1.165) is 0 Å². The Bertz CT molecular complexity index is 163. The normalized spacial score (nSPS) is 11.4. The molecule has 2 N–H and O–H groups in total. The number of hydrogen-bond acceptors (Lipinski definition) is 2. The first-order valence-corrected chi connectivity index (χ1v) is 4.45. The van der Waals surface area contributed by atoms with E-state index in [2.05, 4.69) is 0 Å². The summed E-state index contributed by atoms with van der Waals surface area (Å²) in [4.78, 5) is 12.1. The molecule has 0 saturated carbocycles. The molecule has 0 aliphatic rings. The first kappa shape index (κ1) is 12.2. The van der Waals surface area contributed by atoms with Crippen molar-refractivity contribution in [2.24, 2.45) is 5.41 Å². The van der Waals surface area contributed by atoms with E-state index < -0.39 is 6.09 Å². The van der Waals surface area contributed by atoms with Gasteiger partial charge in [-0.15, -0.1) is 0 Å². The standard InChI is InChI=1S/C9H19NO3/c1-9(2,3)7-10(8(12)13)5-4-6-11/h11H,4-7H2,1-3H3,(H,12,13). The second kappa shape index (κ2) is 5.07. The van der Waals surface area contributed by atoms with Crippen molar-refractivity contribution in [1.29, 1.82) is 0 Å². The summed E-state index contributed by atoms with van der Waals surface area (Å²) < 4.78 is 0. The molecule has 0 spiro atoms. The van der Waals surface area contributed by atoms with Gasteiger partial charge in [0, 0.05) is 19.7 Å². The molecule has 0 heterocycles. The predicted molar refractivity (Wildman–Crippen MR) is 50.8 cm³/mol. The minimum atomic E-state index is -0.914. The average molecular weight is 189 g/mol. The summed E-state index contributed by atoms with van der Waals surface area (Å²) in [5, 5.41) is 17.4. The summed E-state index contributed by atoms with van der Waals surface area (Å²) in [6.07, 6.45) is -0.411. The van der Waals surface area contributed by atoms with Gasteiger partial charge in [-0.2, -0.15) is 0 Å². The van der Waals surface area contributed by atoms with E-state index in [1.807, 2.05) is 20.8 Å². The Hall–Kier alpha value is -0.770. The monoisotopic (exact) mass is 189 g/mol. The molecule has 0 aromatic heterocycles. The second-order valence-electron chi connectivity index (χ2n) is 4.34. The van der Waals surface area contributed by atoms with Crippen molar-refractivity contribution in [1.82, 2.24) is 4.90 Å². The highest BCUT2D eigenvalue weighted by molar-refractivity contribution is 5.64. The zero-order chi connectivity index (χ0) is 10.5. The molecule has 78 valence electrons. The SMILES string of the molecule is CC(C)(C)CN(CCCO)C(=O)O. The van der Waals surface area contributed by atoms with E-state index in [-0.39, 0.29) is 12.0 Å². The number of aliphatic hydroxyl groups is 1. The number of amides is 1. The fourth-order valence-corrected chi connectivity index (χ4v) is 1.08. The predicted octanol–water partition coefficient (Wildman–Crippen LogP) is 1.39. The first-order valence-electron chi connectivity index (χ1n) is 4.45. The summed E-state index contributed by atoms with van der Waals surface area (Å²) in [6, 6.07) is 0. The van der Waals surface area contributed by atoms with Crippen LogP contribution in [0.2, 0.25) is 0 Å². The average Bonchev–Trinajstić information content (AvgIpc) is 1.95. The third kappa shape index (κ3) is 6.40. The lowest BCUT2D eigenvalue weighted by atomic mass is 9.96. The lowest BCUT2D eigenvalue weighted by Crippen LogP contribution is -2.37. The van der Waals surface area contributed by atoms with Gasteiger partial charge in [-0.3, -0.25) is 0 Å². The molecule has 0 rings (SSSR count). The van der Waals surface area contributed by atoms with Gasteiger partial charge < -0.3 is 15.1 Å². The van der Waals surface area contributed by atoms with E-state index in [0.29, 0.717) is 19.5 Å². The minimum absolute atomic E-state index is 0.0339. The van der Waals surface area contributed by atoms with Crippen LogP contribution >= 0.6 is 0 Å². The first-order chi connectivity index (χ1) is 5.87. The maximum absolute atomic E-state index is 10.7. The fraction of sp³-hybridized carbons (Fsp3) is 0.889. The van der Waals surface area contributed by atoms with Crippen molar-refractivity contribution in [3.63, 3.8) is 0 Å². The van der Waals surface area contributed by atoms with Crippen LogP contribution < -0.4 is 0 Å². The smallest absolute Gasteiger partial charge is 0.407 e. The van der Waals surface area contributed by atoms with Crippen LogP contribution in [0.4, 0.5) is 4.79 Å². The summed E-state index contributed by atoms with van der Waals surface area (Å²) in [5.41, 5.74) is -0.0339. The van der Waals surface area contributed by atoms with Crippen LogP contribution in [0.15, 0.2) is 0 Å². The van der Waals surface area contributed by atoms with Gasteiger partial charge in [-0.1, -0.05) is 20.8 Å². The van der Waals surface area contributed by atoms with Crippen LogP contribution in [0.3, 0.4) is 0 Å². The molecule has 0 atom stereocenters. The highest BCUT2D eigenvalue weighted by Crippen LogP contribution is 2.15. The van der Waals surface area contributed by atoms with Gasteiger partial charge in [0.05, 0.1) is 0 Å². The molecular formula is C9H19NO3. The highest BCUT2D eigenvalue weighted by Gasteiger charge is 2.19. The van der Waals surface area contributed by atoms with E-state index in [4.69, 9.17) is 10.2 Å². The Morgan fingerprint density at radius 1 is 1.38 bits per heavy atom. The maximum Gasteiger partial charge on any atom is 0.407 e. The minimum Gasteiger partial charge on any atom is -0.465 e. The molecule has 0 radical (unpaired) electrons. The number of nitrogens with zero attached hydrogens (tertiary/aromatic N) is 1. The van der Waals surface area contributed by atoms with E-state index in [1.165, 1.54) is 4.90 Å². The molecule has 0 aromatic rings. The van der Waals surface area contributed by atoms with Gasteiger partial charge in [-0.25, -0.2) is 4.79 Å². The van der Waals surface area contributed by atoms with E-state index in [1.54, 1.807) is 0 Å². The summed E-state index contributed by atoms with van der Waals surface area (Å²) in [7, 11) is 0. The largest absolute Gasteiger partial charge is 0.465 e. The van der Waals surface area contributed by atoms with Gasteiger partial charge in [0.25, 0.3) is 0 Å². The molecule has 13 heavy (non-hydrogen) atoms. The number of carboxylic acid groups (broad SMARTS) is 1. The molecule has 0 fully saturated rings. The highest BCUT2D eigenvalue weighted by atomic mass is 16.4. The van der Waals surface area contributed by atoms with Crippen molar-refractivity contribution in [2.45, 2.75) is 27.2 Å². The molecule has 4 nitrogen and oxygen atoms in total. The van der Waals surface area contributed by atoms with Crippen LogP contribution in [-0.4, -0.2) is 40.9 Å². The van der Waals surface area contributed by atoms with Crippen LogP contribution in [0.25, 0.3) is 0 Å². The lowest BCUT2D eigenvalue weighted by Gasteiger charge is -2.27. The molecule has 0 saturated heterocycles. The molecule has 0 aliphatic carbocycles. The Morgan fingerprint density at radius 3 is 2.23 bits per heavy atom. The third-order valence-electron chi connectivity index (χ3n) is 1.52. The summed E-state index contributed by atoms with van der Waals surface area (Å²) >= 11 is 0. The number of aliphatic hydroxyl groups excluding tert-OH is 1. The van der Waals surface area contributed by atoms with Gasteiger partial charge in [-0.05, 0) is 11.8 Å². The lowest BCUT2D eigenvalue weighted by molar-refractivity contribution is 0.121. The number of hydrogen-bond donors (Lipinski definition) is 2. The van der Waals surface area contributed by atoms with Crippen molar-refractivity contribution in [2.75, 3.05) is 19.7 Å². The third-order valence-corrected chi connectivity index (χ3v) is 1.52. The Balaban J connectivity index is 4.03. The van der Waals surface area contributed by atoms with Gasteiger partial charge >= 0.3 is 6.09 Å². The zero-order valence-corrected chi connectivity index (χ0v) is 8.58. The Kier molecular flexibility index (Phi) is 4.77. The van der Waals surface area contributed by atoms with Gasteiger partial charge in [0.1, 0.15) is 0 Å². The van der Waals surface area contributed by atoms with Gasteiger partial charge in [0.15, 0.2) is 0 Å².